The quantitative estimate of drug-likeness (QED) is 0.174. The molecule has 0 aromatic heterocycles. The number of thioether (sulfide) groups is 1. The highest BCUT2D eigenvalue weighted by atomic mass is 32.2. The molecule has 1 N–H and O–H groups in total. The zero-order valence-corrected chi connectivity index (χ0v) is 24.6. The van der Waals surface area contributed by atoms with Crippen molar-refractivity contribution >= 4 is 29.5 Å². The van der Waals surface area contributed by atoms with E-state index in [-0.39, 0.29) is 41.5 Å². The zero-order valence-electron chi connectivity index (χ0n) is 23.8. The average molecular weight is 549 g/mol. The van der Waals surface area contributed by atoms with Gasteiger partial charge in [-0.2, -0.15) is 0 Å². The monoisotopic (exact) mass is 548 g/mol. The van der Waals surface area contributed by atoms with Crippen molar-refractivity contribution < 1.29 is 24.2 Å². The summed E-state index contributed by atoms with van der Waals surface area (Å²) in [5, 5.41) is 10.5. The van der Waals surface area contributed by atoms with E-state index in [9.17, 15) is 19.5 Å². The number of unbranched alkanes of at least 4 members (excludes halogenated alkanes) is 3. The molecule has 214 valence electrons. The van der Waals surface area contributed by atoms with Crippen LogP contribution in [0.15, 0.2) is 25.3 Å². The Morgan fingerprint density at radius 1 is 1.26 bits per heavy atom. The van der Waals surface area contributed by atoms with E-state index in [1.807, 2.05) is 18.7 Å². The lowest BCUT2D eigenvalue weighted by Crippen LogP contribution is -2.60. The van der Waals surface area contributed by atoms with Crippen molar-refractivity contribution in [3.8, 4) is 0 Å². The van der Waals surface area contributed by atoms with Gasteiger partial charge in [0, 0.05) is 18.3 Å². The summed E-state index contributed by atoms with van der Waals surface area (Å²) < 4.78 is 4.96. The predicted molar refractivity (Wildman–Crippen MR) is 153 cm³/mol. The van der Waals surface area contributed by atoms with Gasteiger partial charge in [-0.1, -0.05) is 59.1 Å². The number of fused-ring (bicyclic) bond motifs is 1. The summed E-state index contributed by atoms with van der Waals surface area (Å²) >= 11 is 1.66. The van der Waals surface area contributed by atoms with Gasteiger partial charge in [-0.3, -0.25) is 14.4 Å². The highest BCUT2D eigenvalue weighted by Gasteiger charge is 2.77. The van der Waals surface area contributed by atoms with Crippen molar-refractivity contribution in [2.24, 2.45) is 23.7 Å². The van der Waals surface area contributed by atoms with Crippen LogP contribution in [0.4, 0.5) is 0 Å². The Kier molecular flexibility index (Phi) is 10.9. The molecule has 38 heavy (non-hydrogen) atoms. The predicted octanol–water partition coefficient (Wildman–Crippen LogP) is 4.44. The van der Waals surface area contributed by atoms with Crippen LogP contribution in [0.1, 0.15) is 72.6 Å². The van der Waals surface area contributed by atoms with Crippen LogP contribution in [0.2, 0.25) is 0 Å². The molecule has 3 rings (SSSR count). The second-order valence-corrected chi connectivity index (χ2v) is 12.9. The summed E-state index contributed by atoms with van der Waals surface area (Å²) in [6.45, 7) is 17.0. The number of hydrogen-bond donors (Lipinski definition) is 1. The summed E-state index contributed by atoms with van der Waals surface area (Å²) in [6.07, 6.45) is 9.46. The van der Waals surface area contributed by atoms with Gasteiger partial charge >= 0.3 is 5.97 Å². The summed E-state index contributed by atoms with van der Waals surface area (Å²) in [6, 6.07) is -1.21. The van der Waals surface area contributed by atoms with Crippen molar-refractivity contribution in [3.63, 3.8) is 0 Å². The molecule has 3 aliphatic heterocycles. The molecule has 2 amide bonds. The summed E-state index contributed by atoms with van der Waals surface area (Å²) in [4.78, 5) is 45.8. The number of aliphatic hydroxyl groups excluding tert-OH is 1. The van der Waals surface area contributed by atoms with Crippen molar-refractivity contribution in [1.82, 2.24) is 9.80 Å². The first-order valence-electron chi connectivity index (χ1n) is 14.5. The van der Waals surface area contributed by atoms with Crippen LogP contribution in [0.25, 0.3) is 0 Å². The fourth-order valence-electron chi connectivity index (χ4n) is 6.85. The molecule has 3 saturated heterocycles. The number of carbonyl (C=O) groups is 3. The fourth-order valence-corrected chi connectivity index (χ4v) is 9.24. The van der Waals surface area contributed by atoms with Gasteiger partial charge in [0.25, 0.3) is 0 Å². The third-order valence-electron chi connectivity index (χ3n) is 9.02. The first-order valence-corrected chi connectivity index (χ1v) is 15.4. The maximum Gasteiger partial charge on any atom is 0.310 e. The van der Waals surface area contributed by atoms with E-state index in [0.717, 1.165) is 38.5 Å². The molecule has 0 aromatic carbocycles. The molecule has 8 heteroatoms. The first kappa shape index (κ1) is 30.7. The van der Waals surface area contributed by atoms with Gasteiger partial charge in [-0.25, -0.2) is 0 Å². The molecule has 3 unspecified atom stereocenters. The van der Waals surface area contributed by atoms with Gasteiger partial charge < -0.3 is 19.6 Å². The van der Waals surface area contributed by atoms with E-state index in [1.54, 1.807) is 28.8 Å². The van der Waals surface area contributed by atoms with Gasteiger partial charge in [0.1, 0.15) is 6.04 Å². The minimum atomic E-state index is -0.726. The first-order chi connectivity index (χ1) is 18.2. The largest absolute Gasteiger partial charge is 0.465 e. The highest BCUT2D eigenvalue weighted by Crippen LogP contribution is 2.69. The Morgan fingerprint density at radius 3 is 2.61 bits per heavy atom. The normalized spacial score (nSPS) is 31.1. The Hall–Kier alpha value is -1.80. The second-order valence-electron chi connectivity index (χ2n) is 11.3. The SMILES string of the molecule is C=CCCCOC(=O)[C@@H]1[C@@H]2CC(C)C3(S2)C(C(=O)N(CC=C)CCCCC)N([C@@H](CO)[C@@H](C)CC)C(=O)[C@H]13. The molecular weight excluding hydrogens is 500 g/mol. The lowest BCUT2D eigenvalue weighted by molar-refractivity contribution is -0.155. The minimum Gasteiger partial charge on any atom is -0.465 e. The van der Waals surface area contributed by atoms with Crippen LogP contribution < -0.4 is 0 Å². The number of rotatable bonds is 16. The van der Waals surface area contributed by atoms with Gasteiger partial charge in [-0.05, 0) is 37.5 Å². The second kappa shape index (κ2) is 13.5. The zero-order chi connectivity index (χ0) is 28.0. The van der Waals surface area contributed by atoms with Crippen molar-refractivity contribution in [1.29, 1.82) is 0 Å². The molecule has 0 saturated carbocycles. The Bertz CT molecular complexity index is 881. The topological polar surface area (TPSA) is 87.2 Å². The van der Waals surface area contributed by atoms with Gasteiger partial charge in [0.2, 0.25) is 11.8 Å². The maximum atomic E-state index is 14.5. The van der Waals surface area contributed by atoms with Crippen molar-refractivity contribution in [2.45, 2.75) is 94.7 Å². The summed E-state index contributed by atoms with van der Waals surface area (Å²) in [7, 11) is 0. The molecule has 7 nitrogen and oxygen atoms in total. The fraction of sp³-hybridized carbons (Fsp3) is 0.767. The number of allylic oxidation sites excluding steroid dienone is 1. The lowest BCUT2D eigenvalue weighted by Gasteiger charge is -2.43. The van der Waals surface area contributed by atoms with E-state index in [4.69, 9.17) is 4.74 Å². The Balaban J connectivity index is 2.04. The van der Waals surface area contributed by atoms with Gasteiger partial charge in [-0.15, -0.1) is 24.9 Å². The molecule has 3 fully saturated rings. The average Bonchev–Trinajstić information content (AvgIpc) is 3.50. The number of nitrogens with zero attached hydrogens (tertiary/aromatic N) is 2. The van der Waals surface area contributed by atoms with Crippen LogP contribution in [-0.2, 0) is 19.1 Å². The molecule has 0 aromatic rings. The summed E-state index contributed by atoms with van der Waals surface area (Å²) in [5.74, 6) is -1.71. The molecule has 0 radical (unpaired) electrons. The highest BCUT2D eigenvalue weighted by molar-refractivity contribution is 8.02. The van der Waals surface area contributed by atoms with Crippen LogP contribution in [0, 0.1) is 23.7 Å². The molecule has 3 aliphatic rings. The smallest absolute Gasteiger partial charge is 0.310 e. The van der Waals surface area contributed by atoms with Gasteiger partial charge in [0.15, 0.2) is 0 Å². The van der Waals surface area contributed by atoms with Crippen LogP contribution in [0.3, 0.4) is 0 Å². The molecular formula is C30H48N2O5S. The molecule has 3 heterocycles. The number of ether oxygens (including phenoxy) is 1. The number of carbonyl (C=O) groups excluding carboxylic acids is 3. The van der Waals surface area contributed by atoms with E-state index >= 15 is 0 Å². The molecule has 2 bridgehead atoms. The third-order valence-corrected chi connectivity index (χ3v) is 11.1. The number of aliphatic hydroxyl groups is 1. The molecule has 8 atom stereocenters. The van der Waals surface area contributed by atoms with Crippen LogP contribution in [0.5, 0.6) is 0 Å². The number of likely N-dealkylation sites (tertiary alicyclic amines) is 1. The van der Waals surface area contributed by atoms with E-state index in [2.05, 4.69) is 27.0 Å². The lowest BCUT2D eigenvalue weighted by atomic mass is 9.66. The maximum absolute atomic E-state index is 14.5. The van der Waals surface area contributed by atoms with Crippen LogP contribution >= 0.6 is 11.8 Å². The van der Waals surface area contributed by atoms with E-state index in [1.165, 1.54) is 0 Å². The van der Waals surface area contributed by atoms with Crippen molar-refractivity contribution in [2.75, 3.05) is 26.3 Å². The van der Waals surface area contributed by atoms with E-state index < -0.39 is 28.7 Å². The minimum absolute atomic E-state index is 0.00392. The number of amides is 2. The standard InChI is InChI=1S/C30H48N2O5S/c1-7-11-13-16-31(15-9-3)28(35)26-30-21(6)18-23(38-30)24(29(36)37-17-14-12-8-2)25(30)27(34)32(26)22(19-33)20(5)10-4/h8-9,20-26,33H,2-3,7,10-19H2,1,4-6H3/t20-,21?,22-,23-,24+,25-,26?,30?/m0/s1. The summed E-state index contributed by atoms with van der Waals surface area (Å²) in [5.41, 5.74) is 0. The third kappa shape index (κ3) is 5.45. The molecule has 0 aliphatic carbocycles. The van der Waals surface area contributed by atoms with E-state index in [0.29, 0.717) is 26.1 Å². The Morgan fingerprint density at radius 2 is 2.00 bits per heavy atom. The van der Waals surface area contributed by atoms with Crippen molar-refractivity contribution in [3.05, 3.63) is 25.3 Å². The van der Waals surface area contributed by atoms with Crippen LogP contribution in [-0.4, -0.2) is 81.1 Å². The number of esters is 1. The Labute approximate surface area is 233 Å². The molecule has 1 spiro atoms. The van der Waals surface area contributed by atoms with Gasteiger partial charge in [0.05, 0.1) is 35.8 Å². The number of hydrogen-bond acceptors (Lipinski definition) is 6.